The summed E-state index contributed by atoms with van der Waals surface area (Å²) in [5, 5.41) is 0. The third-order valence-corrected chi connectivity index (χ3v) is 6.04. The van der Waals surface area contributed by atoms with Crippen LogP contribution in [0.1, 0.15) is 44.4 Å². The molecule has 5 heteroatoms. The quantitative estimate of drug-likeness (QED) is 0.229. The Morgan fingerprint density at radius 3 is 2.56 bits per heavy atom. The van der Waals surface area contributed by atoms with E-state index in [4.69, 9.17) is 14.1 Å². The second kappa shape index (κ2) is 11.0. The predicted octanol–water partition coefficient (Wildman–Crippen LogP) is 6.94. The molecule has 0 radical (unpaired) electrons. The number of imidazole rings is 1. The van der Waals surface area contributed by atoms with Crippen LogP contribution in [0.5, 0.6) is 5.75 Å². The molecule has 4 rings (SSSR count). The highest BCUT2D eigenvalue weighted by Crippen LogP contribution is 2.27. The Hall–Kier alpha value is -3.60. The first-order valence-corrected chi connectivity index (χ1v) is 11.9. The summed E-state index contributed by atoms with van der Waals surface area (Å²) in [6.45, 7) is 7.18. The smallest absolute Gasteiger partial charge is 0.140 e. The Kier molecular flexibility index (Phi) is 7.63. The van der Waals surface area contributed by atoms with Gasteiger partial charge in [0.25, 0.3) is 0 Å². The molecule has 0 spiro atoms. The number of furan rings is 1. The standard InChI is InChI=1S/C29H32N2O3/c1-21(18-23(3)32)8-6-16-34-28-10-5-4-9-26(28)20-31-22(2)19-30-29(31)25-14-12-24(13-15-25)27-11-7-17-33-27/h4-5,7,9-15,17,19,21H,6,8,16,18,20H2,1-3H3/t21-/m1/s1. The lowest BCUT2D eigenvalue weighted by Gasteiger charge is -2.16. The van der Waals surface area contributed by atoms with E-state index in [0.29, 0.717) is 25.5 Å². The predicted molar refractivity (Wildman–Crippen MR) is 135 cm³/mol. The Balaban J connectivity index is 1.46. The molecular formula is C29H32N2O3. The van der Waals surface area contributed by atoms with Gasteiger partial charge in [0, 0.05) is 35.0 Å². The molecule has 1 atom stereocenters. The van der Waals surface area contributed by atoms with Crippen LogP contribution in [0, 0.1) is 12.8 Å². The molecule has 0 N–H and O–H groups in total. The average molecular weight is 457 g/mol. The van der Waals surface area contributed by atoms with Gasteiger partial charge in [0.05, 0.1) is 19.4 Å². The number of carbonyl (C=O) groups is 1. The molecule has 0 aliphatic carbocycles. The Morgan fingerprint density at radius 1 is 1.06 bits per heavy atom. The van der Waals surface area contributed by atoms with E-state index in [0.717, 1.165) is 52.6 Å². The van der Waals surface area contributed by atoms with Crippen LogP contribution < -0.4 is 4.74 Å². The molecule has 0 aliphatic rings. The Morgan fingerprint density at radius 2 is 1.82 bits per heavy atom. The van der Waals surface area contributed by atoms with Gasteiger partial charge in [0.1, 0.15) is 23.1 Å². The molecule has 0 fully saturated rings. The minimum Gasteiger partial charge on any atom is -0.493 e. The van der Waals surface area contributed by atoms with Crippen molar-refractivity contribution in [1.29, 1.82) is 0 Å². The molecule has 2 aromatic heterocycles. The summed E-state index contributed by atoms with van der Waals surface area (Å²) in [4.78, 5) is 16.0. The first kappa shape index (κ1) is 23.6. The number of ether oxygens (including phenoxy) is 1. The van der Waals surface area contributed by atoms with E-state index in [1.165, 1.54) is 0 Å². The number of ketones is 1. The number of aromatic nitrogens is 2. The van der Waals surface area contributed by atoms with Crippen molar-refractivity contribution in [2.75, 3.05) is 6.61 Å². The molecule has 176 valence electrons. The van der Waals surface area contributed by atoms with Crippen molar-refractivity contribution in [2.45, 2.75) is 46.6 Å². The largest absolute Gasteiger partial charge is 0.493 e. The van der Waals surface area contributed by atoms with Gasteiger partial charge in [-0.15, -0.1) is 0 Å². The van der Waals surface area contributed by atoms with Crippen molar-refractivity contribution in [3.8, 4) is 28.5 Å². The van der Waals surface area contributed by atoms with Crippen molar-refractivity contribution in [1.82, 2.24) is 9.55 Å². The van der Waals surface area contributed by atoms with Gasteiger partial charge < -0.3 is 18.5 Å². The van der Waals surface area contributed by atoms with E-state index in [1.54, 1.807) is 13.2 Å². The van der Waals surface area contributed by atoms with E-state index >= 15 is 0 Å². The summed E-state index contributed by atoms with van der Waals surface area (Å²) in [6, 6.07) is 20.3. The van der Waals surface area contributed by atoms with E-state index in [-0.39, 0.29) is 5.78 Å². The maximum atomic E-state index is 11.3. The van der Waals surface area contributed by atoms with Crippen molar-refractivity contribution in [3.63, 3.8) is 0 Å². The molecule has 2 aromatic carbocycles. The van der Waals surface area contributed by atoms with Gasteiger partial charge in [-0.3, -0.25) is 0 Å². The second-order valence-corrected chi connectivity index (χ2v) is 8.97. The summed E-state index contributed by atoms with van der Waals surface area (Å²) in [6.07, 6.45) is 6.16. The van der Waals surface area contributed by atoms with Crippen LogP contribution >= 0.6 is 0 Å². The zero-order chi connectivity index (χ0) is 23.9. The molecular weight excluding hydrogens is 424 g/mol. The summed E-state index contributed by atoms with van der Waals surface area (Å²) >= 11 is 0. The summed E-state index contributed by atoms with van der Waals surface area (Å²) in [7, 11) is 0. The van der Waals surface area contributed by atoms with Gasteiger partial charge >= 0.3 is 0 Å². The fourth-order valence-electron chi connectivity index (χ4n) is 4.27. The second-order valence-electron chi connectivity index (χ2n) is 8.97. The van der Waals surface area contributed by atoms with Crippen LogP contribution in [-0.4, -0.2) is 21.9 Å². The van der Waals surface area contributed by atoms with Gasteiger partial charge in [-0.25, -0.2) is 4.98 Å². The topological polar surface area (TPSA) is 57.3 Å². The maximum absolute atomic E-state index is 11.3. The first-order chi connectivity index (χ1) is 16.5. The van der Waals surface area contributed by atoms with E-state index in [9.17, 15) is 4.79 Å². The molecule has 34 heavy (non-hydrogen) atoms. The summed E-state index contributed by atoms with van der Waals surface area (Å²) in [5.41, 5.74) is 4.31. The third-order valence-electron chi connectivity index (χ3n) is 6.04. The van der Waals surface area contributed by atoms with Gasteiger partial charge in [-0.1, -0.05) is 49.4 Å². The Labute approximate surface area is 201 Å². The first-order valence-electron chi connectivity index (χ1n) is 11.9. The van der Waals surface area contributed by atoms with E-state index < -0.39 is 0 Å². The number of hydrogen-bond donors (Lipinski definition) is 0. The molecule has 0 aliphatic heterocycles. The molecule has 4 aromatic rings. The molecule has 0 saturated carbocycles. The highest BCUT2D eigenvalue weighted by atomic mass is 16.5. The normalized spacial score (nSPS) is 12.0. The van der Waals surface area contributed by atoms with Crippen molar-refractivity contribution >= 4 is 5.78 Å². The number of benzene rings is 2. The maximum Gasteiger partial charge on any atom is 0.140 e. The highest BCUT2D eigenvalue weighted by molar-refractivity contribution is 5.75. The lowest BCUT2D eigenvalue weighted by Crippen LogP contribution is -2.08. The van der Waals surface area contributed by atoms with Gasteiger partial charge in [0.2, 0.25) is 0 Å². The van der Waals surface area contributed by atoms with Crippen LogP contribution in [0.15, 0.2) is 77.5 Å². The zero-order valence-electron chi connectivity index (χ0n) is 20.2. The van der Waals surface area contributed by atoms with Crippen molar-refractivity contribution in [3.05, 3.63) is 84.4 Å². The molecule has 2 heterocycles. The number of carbonyl (C=O) groups excluding carboxylic acids is 1. The number of Topliss-reactive ketones (excluding diaryl/α,β-unsaturated/α-hetero) is 1. The van der Waals surface area contributed by atoms with Crippen LogP contribution in [0.4, 0.5) is 0 Å². The lowest BCUT2D eigenvalue weighted by molar-refractivity contribution is -0.117. The van der Waals surface area contributed by atoms with Crippen LogP contribution in [0.3, 0.4) is 0 Å². The van der Waals surface area contributed by atoms with E-state index in [1.807, 2.05) is 36.5 Å². The fraction of sp³-hybridized carbons (Fsp3) is 0.310. The number of aryl methyl sites for hydroxylation is 1. The van der Waals surface area contributed by atoms with E-state index in [2.05, 4.69) is 48.7 Å². The Bertz CT molecular complexity index is 1210. The number of hydrogen-bond acceptors (Lipinski definition) is 4. The average Bonchev–Trinajstić information content (AvgIpc) is 3.48. The van der Waals surface area contributed by atoms with Gasteiger partial charge in [-0.2, -0.15) is 0 Å². The van der Waals surface area contributed by atoms with Crippen molar-refractivity contribution in [2.24, 2.45) is 5.92 Å². The number of nitrogens with zero attached hydrogens (tertiary/aromatic N) is 2. The zero-order valence-corrected chi connectivity index (χ0v) is 20.2. The third kappa shape index (κ3) is 5.84. The molecule has 5 nitrogen and oxygen atoms in total. The van der Waals surface area contributed by atoms with Crippen LogP contribution in [0.25, 0.3) is 22.7 Å². The summed E-state index contributed by atoms with van der Waals surface area (Å²) < 4.78 is 13.9. The van der Waals surface area contributed by atoms with Crippen molar-refractivity contribution < 1.29 is 13.9 Å². The highest BCUT2D eigenvalue weighted by Gasteiger charge is 2.13. The molecule has 0 bridgehead atoms. The minimum atomic E-state index is 0.251. The number of para-hydroxylation sites is 1. The van der Waals surface area contributed by atoms with Gasteiger partial charge in [0.15, 0.2) is 0 Å². The van der Waals surface area contributed by atoms with Crippen LogP contribution in [0.2, 0.25) is 0 Å². The van der Waals surface area contributed by atoms with Gasteiger partial charge in [-0.05, 0) is 50.8 Å². The molecule has 0 amide bonds. The lowest BCUT2D eigenvalue weighted by atomic mass is 10.00. The van der Waals surface area contributed by atoms with Crippen LogP contribution in [-0.2, 0) is 11.3 Å². The SMILES string of the molecule is CC(=O)C[C@H](C)CCCOc1ccccc1Cn1c(C)cnc1-c1ccc(-c2ccco2)cc1. The summed E-state index contributed by atoms with van der Waals surface area (Å²) in [5.74, 6) is 3.32. The number of rotatable bonds is 11. The molecule has 0 unspecified atom stereocenters. The monoisotopic (exact) mass is 456 g/mol. The molecule has 0 saturated heterocycles. The minimum absolute atomic E-state index is 0.251. The fourth-order valence-corrected chi connectivity index (χ4v) is 4.27.